The maximum Gasteiger partial charge on any atom is 0.123 e. The van der Waals surface area contributed by atoms with E-state index in [0.717, 1.165) is 5.75 Å². The summed E-state index contributed by atoms with van der Waals surface area (Å²) < 4.78 is 5.37. The third-order valence-electron chi connectivity index (χ3n) is 1.94. The summed E-state index contributed by atoms with van der Waals surface area (Å²) >= 11 is 5.59. The van der Waals surface area contributed by atoms with Crippen molar-refractivity contribution in [1.29, 1.82) is 0 Å². The van der Waals surface area contributed by atoms with Crippen molar-refractivity contribution in [3.63, 3.8) is 0 Å². The summed E-state index contributed by atoms with van der Waals surface area (Å²) in [4.78, 5) is 0. The molecule has 0 aliphatic rings. The zero-order valence-corrected chi connectivity index (χ0v) is 9.34. The van der Waals surface area contributed by atoms with Gasteiger partial charge in [-0.05, 0) is 23.6 Å². The molecule has 0 heterocycles. The molecule has 0 aliphatic heterocycles. The van der Waals surface area contributed by atoms with Gasteiger partial charge in [-0.25, -0.2) is 0 Å². The highest BCUT2D eigenvalue weighted by atomic mass is 35.5. The number of benzene rings is 1. The monoisotopic (exact) mass is 210 g/mol. The van der Waals surface area contributed by atoms with Crippen LogP contribution in [0.1, 0.15) is 25.3 Å². The van der Waals surface area contributed by atoms with E-state index >= 15 is 0 Å². The molecule has 0 N–H and O–H groups in total. The summed E-state index contributed by atoms with van der Waals surface area (Å²) in [6, 6.07) is 8.04. The first-order valence-corrected chi connectivity index (χ1v) is 5.03. The molecular formula is C12H15ClO. The third-order valence-corrected chi connectivity index (χ3v) is 2.05. The topological polar surface area (TPSA) is 9.23 Å². The van der Waals surface area contributed by atoms with Crippen LogP contribution in [0.3, 0.4) is 0 Å². The first-order chi connectivity index (χ1) is 6.59. The Morgan fingerprint density at radius 1 is 1.36 bits per heavy atom. The number of hydrogen-bond acceptors (Lipinski definition) is 1. The van der Waals surface area contributed by atoms with Crippen LogP contribution in [0, 0.1) is 0 Å². The van der Waals surface area contributed by atoms with Crippen molar-refractivity contribution >= 4 is 11.6 Å². The van der Waals surface area contributed by atoms with Crippen LogP contribution in [0.4, 0.5) is 0 Å². The largest absolute Gasteiger partial charge is 0.488 e. The molecule has 0 aliphatic carbocycles. The molecule has 1 aromatic carbocycles. The number of rotatable bonds is 4. The lowest BCUT2D eigenvalue weighted by atomic mass is 10.0. The van der Waals surface area contributed by atoms with Crippen LogP contribution in [-0.4, -0.2) is 6.61 Å². The SMILES string of the molecule is C=C(Cl)COc1ccc(C(C)C)cc1. The van der Waals surface area contributed by atoms with E-state index in [4.69, 9.17) is 16.3 Å². The lowest BCUT2D eigenvalue weighted by Crippen LogP contribution is -1.96. The lowest BCUT2D eigenvalue weighted by molar-refractivity contribution is 0.359. The van der Waals surface area contributed by atoms with E-state index in [1.807, 2.05) is 12.1 Å². The molecule has 0 fully saturated rings. The molecule has 0 aromatic heterocycles. The van der Waals surface area contributed by atoms with E-state index in [1.54, 1.807) is 0 Å². The van der Waals surface area contributed by atoms with Crippen LogP contribution in [0.5, 0.6) is 5.75 Å². The summed E-state index contributed by atoms with van der Waals surface area (Å²) in [5.41, 5.74) is 1.31. The predicted molar refractivity (Wildman–Crippen MR) is 61.0 cm³/mol. The maximum absolute atomic E-state index is 5.59. The van der Waals surface area contributed by atoms with E-state index in [9.17, 15) is 0 Å². The van der Waals surface area contributed by atoms with Crippen molar-refractivity contribution in [1.82, 2.24) is 0 Å². The molecule has 0 atom stereocenters. The van der Waals surface area contributed by atoms with E-state index in [1.165, 1.54) is 5.56 Å². The van der Waals surface area contributed by atoms with Gasteiger partial charge in [-0.3, -0.25) is 0 Å². The Kier molecular flexibility index (Phi) is 4.02. The van der Waals surface area contributed by atoms with Gasteiger partial charge in [0.1, 0.15) is 12.4 Å². The van der Waals surface area contributed by atoms with Crippen molar-refractivity contribution < 1.29 is 4.74 Å². The summed E-state index contributed by atoms with van der Waals surface area (Å²) in [5.74, 6) is 1.38. The molecule has 0 unspecified atom stereocenters. The smallest absolute Gasteiger partial charge is 0.123 e. The Hall–Kier alpha value is -0.950. The third kappa shape index (κ3) is 3.43. The molecule has 0 amide bonds. The molecule has 76 valence electrons. The van der Waals surface area contributed by atoms with Gasteiger partial charge in [0.2, 0.25) is 0 Å². The van der Waals surface area contributed by atoms with Crippen molar-refractivity contribution in [2.75, 3.05) is 6.61 Å². The van der Waals surface area contributed by atoms with Gasteiger partial charge < -0.3 is 4.74 Å². The first kappa shape index (κ1) is 11.1. The molecule has 1 rings (SSSR count). The van der Waals surface area contributed by atoms with Crippen LogP contribution < -0.4 is 4.74 Å². The van der Waals surface area contributed by atoms with Gasteiger partial charge in [0.05, 0.1) is 0 Å². The number of ether oxygens (including phenoxy) is 1. The van der Waals surface area contributed by atoms with Crippen LogP contribution in [0.2, 0.25) is 0 Å². The molecule has 0 saturated carbocycles. The highest BCUT2D eigenvalue weighted by molar-refractivity contribution is 6.29. The van der Waals surface area contributed by atoms with Gasteiger partial charge in [0.15, 0.2) is 0 Å². The molecule has 0 bridgehead atoms. The number of halogens is 1. The predicted octanol–water partition coefficient (Wildman–Crippen LogP) is 3.94. The Morgan fingerprint density at radius 3 is 2.36 bits per heavy atom. The quantitative estimate of drug-likeness (QED) is 0.732. The summed E-state index contributed by atoms with van der Waals surface area (Å²) in [5, 5.41) is 0.512. The minimum Gasteiger partial charge on any atom is -0.488 e. The highest BCUT2D eigenvalue weighted by Crippen LogP contribution is 2.18. The standard InChI is InChI=1S/C12H15ClO/c1-9(2)11-4-6-12(7-5-11)14-8-10(3)13/h4-7,9H,3,8H2,1-2H3. The second-order valence-electron chi connectivity index (χ2n) is 3.53. The average molecular weight is 211 g/mol. The summed E-state index contributed by atoms with van der Waals surface area (Å²) in [6.45, 7) is 8.25. The van der Waals surface area contributed by atoms with Gasteiger partial charge in [-0.2, -0.15) is 0 Å². The van der Waals surface area contributed by atoms with Crippen LogP contribution in [0.25, 0.3) is 0 Å². The van der Waals surface area contributed by atoms with Crippen LogP contribution >= 0.6 is 11.6 Å². The minimum atomic E-state index is 0.364. The molecule has 0 spiro atoms. The molecule has 0 radical (unpaired) electrons. The van der Waals surface area contributed by atoms with Gasteiger partial charge in [-0.15, -0.1) is 0 Å². The first-order valence-electron chi connectivity index (χ1n) is 4.65. The second kappa shape index (κ2) is 5.06. The Balaban J connectivity index is 2.59. The summed E-state index contributed by atoms with van der Waals surface area (Å²) in [6.07, 6.45) is 0. The zero-order chi connectivity index (χ0) is 10.6. The van der Waals surface area contributed by atoms with Crippen molar-refractivity contribution in [2.45, 2.75) is 19.8 Å². The normalized spacial score (nSPS) is 10.3. The minimum absolute atomic E-state index is 0.364. The average Bonchev–Trinajstić information content (AvgIpc) is 2.15. The van der Waals surface area contributed by atoms with Crippen LogP contribution in [-0.2, 0) is 0 Å². The fourth-order valence-corrected chi connectivity index (χ4v) is 1.17. The highest BCUT2D eigenvalue weighted by Gasteiger charge is 1.99. The van der Waals surface area contributed by atoms with Crippen molar-refractivity contribution in [2.24, 2.45) is 0 Å². The van der Waals surface area contributed by atoms with Crippen molar-refractivity contribution in [3.8, 4) is 5.75 Å². The fourth-order valence-electron chi connectivity index (χ4n) is 1.11. The Bertz CT molecular complexity index is 301. The van der Waals surface area contributed by atoms with Crippen LogP contribution in [0.15, 0.2) is 35.9 Å². The molecule has 0 saturated heterocycles. The zero-order valence-electron chi connectivity index (χ0n) is 8.59. The molecular weight excluding hydrogens is 196 g/mol. The van der Waals surface area contributed by atoms with Gasteiger partial charge in [0, 0.05) is 5.03 Å². The van der Waals surface area contributed by atoms with E-state index in [2.05, 4.69) is 32.6 Å². The number of hydrogen-bond donors (Lipinski definition) is 0. The molecule has 1 nitrogen and oxygen atoms in total. The Labute approximate surface area is 90.3 Å². The Morgan fingerprint density at radius 2 is 1.93 bits per heavy atom. The fraction of sp³-hybridized carbons (Fsp3) is 0.333. The summed E-state index contributed by atoms with van der Waals surface area (Å²) in [7, 11) is 0. The van der Waals surface area contributed by atoms with Gasteiger partial charge >= 0.3 is 0 Å². The van der Waals surface area contributed by atoms with Crippen molar-refractivity contribution in [3.05, 3.63) is 41.4 Å². The lowest BCUT2D eigenvalue weighted by Gasteiger charge is -2.07. The second-order valence-corrected chi connectivity index (χ2v) is 4.06. The maximum atomic E-state index is 5.59. The molecule has 14 heavy (non-hydrogen) atoms. The molecule has 1 aromatic rings. The van der Waals surface area contributed by atoms with E-state index < -0.39 is 0 Å². The van der Waals surface area contributed by atoms with Gasteiger partial charge in [0.25, 0.3) is 0 Å². The van der Waals surface area contributed by atoms with E-state index in [0.29, 0.717) is 17.6 Å². The molecule has 2 heteroatoms. The van der Waals surface area contributed by atoms with E-state index in [-0.39, 0.29) is 0 Å². The van der Waals surface area contributed by atoms with Gasteiger partial charge in [-0.1, -0.05) is 44.2 Å².